The number of hydrogen-bond donors (Lipinski definition) is 2. The van der Waals surface area contributed by atoms with Crippen LogP contribution in [-0.4, -0.2) is 22.8 Å². The van der Waals surface area contributed by atoms with Gasteiger partial charge in [0.15, 0.2) is 6.10 Å². The lowest BCUT2D eigenvalue weighted by atomic mass is 10.0. The van der Waals surface area contributed by atoms with Gasteiger partial charge in [-0.15, -0.1) is 0 Å². The summed E-state index contributed by atoms with van der Waals surface area (Å²) >= 11 is 0. The van der Waals surface area contributed by atoms with Crippen LogP contribution in [0.1, 0.15) is 30.6 Å². The van der Waals surface area contributed by atoms with Gasteiger partial charge in [0.2, 0.25) is 0 Å². The van der Waals surface area contributed by atoms with E-state index in [0.29, 0.717) is 30.8 Å². The SMILES string of the molecule is CCOc1ccc(C(O)C(=O)O)cc1CCC#N. The number of ether oxygens (including phenoxy) is 1. The van der Waals surface area contributed by atoms with Crippen molar-refractivity contribution in [3.8, 4) is 11.8 Å². The van der Waals surface area contributed by atoms with Crippen molar-refractivity contribution < 1.29 is 19.7 Å². The first-order valence-corrected chi connectivity index (χ1v) is 5.63. The van der Waals surface area contributed by atoms with Gasteiger partial charge in [-0.1, -0.05) is 6.07 Å². The predicted octanol–water partition coefficient (Wildman–Crippen LogP) is 1.66. The van der Waals surface area contributed by atoms with Gasteiger partial charge in [-0.2, -0.15) is 5.26 Å². The van der Waals surface area contributed by atoms with E-state index in [2.05, 4.69) is 0 Å². The Labute approximate surface area is 105 Å². The van der Waals surface area contributed by atoms with Crippen molar-refractivity contribution in [3.63, 3.8) is 0 Å². The Kier molecular flexibility index (Phi) is 5.15. The quantitative estimate of drug-likeness (QED) is 0.800. The molecule has 2 N–H and O–H groups in total. The van der Waals surface area contributed by atoms with Crippen LogP contribution in [0.3, 0.4) is 0 Å². The van der Waals surface area contributed by atoms with Crippen LogP contribution in [0.5, 0.6) is 5.75 Å². The Morgan fingerprint density at radius 3 is 2.83 bits per heavy atom. The summed E-state index contributed by atoms with van der Waals surface area (Å²) in [7, 11) is 0. The molecule has 1 rings (SSSR count). The van der Waals surface area contributed by atoms with Gasteiger partial charge in [-0.25, -0.2) is 4.79 Å². The molecule has 0 heterocycles. The lowest BCUT2D eigenvalue weighted by Gasteiger charge is -2.12. The van der Waals surface area contributed by atoms with E-state index >= 15 is 0 Å². The van der Waals surface area contributed by atoms with Gasteiger partial charge in [0.05, 0.1) is 12.7 Å². The average molecular weight is 249 g/mol. The van der Waals surface area contributed by atoms with E-state index in [1.165, 1.54) is 6.07 Å². The molecule has 1 aromatic rings. The lowest BCUT2D eigenvalue weighted by molar-refractivity contribution is -0.146. The van der Waals surface area contributed by atoms with E-state index < -0.39 is 12.1 Å². The van der Waals surface area contributed by atoms with Gasteiger partial charge >= 0.3 is 5.97 Å². The van der Waals surface area contributed by atoms with Crippen LogP contribution in [0, 0.1) is 11.3 Å². The van der Waals surface area contributed by atoms with Crippen LogP contribution < -0.4 is 4.74 Å². The van der Waals surface area contributed by atoms with Crippen LogP contribution in [0.2, 0.25) is 0 Å². The minimum Gasteiger partial charge on any atom is -0.494 e. The Balaban J connectivity index is 3.04. The van der Waals surface area contributed by atoms with Crippen molar-refractivity contribution in [2.45, 2.75) is 25.9 Å². The minimum absolute atomic E-state index is 0.291. The standard InChI is InChI=1S/C13H15NO4/c1-2-18-11-6-5-10(12(15)13(16)17)8-9(11)4-3-7-14/h5-6,8,12,15H,2-4H2,1H3,(H,16,17). The third kappa shape index (κ3) is 3.47. The van der Waals surface area contributed by atoms with Crippen molar-refractivity contribution in [3.05, 3.63) is 29.3 Å². The van der Waals surface area contributed by atoms with E-state index in [0.717, 1.165) is 5.56 Å². The summed E-state index contributed by atoms with van der Waals surface area (Å²) in [5.74, 6) is -0.681. The van der Waals surface area contributed by atoms with Crippen LogP contribution in [0.4, 0.5) is 0 Å². The van der Waals surface area contributed by atoms with Crippen LogP contribution in [-0.2, 0) is 11.2 Å². The molecule has 0 saturated heterocycles. The summed E-state index contributed by atoms with van der Waals surface area (Å²) < 4.78 is 5.39. The fourth-order valence-corrected chi connectivity index (χ4v) is 1.59. The highest BCUT2D eigenvalue weighted by Crippen LogP contribution is 2.25. The smallest absolute Gasteiger partial charge is 0.337 e. The molecule has 0 saturated carbocycles. The molecule has 0 amide bonds. The van der Waals surface area contributed by atoms with Crippen molar-refractivity contribution in [2.75, 3.05) is 6.61 Å². The fraction of sp³-hybridized carbons (Fsp3) is 0.385. The number of aliphatic hydroxyl groups excluding tert-OH is 1. The predicted molar refractivity (Wildman–Crippen MR) is 64.1 cm³/mol. The molecular formula is C13H15NO4. The number of benzene rings is 1. The van der Waals surface area contributed by atoms with Gasteiger partial charge in [0.25, 0.3) is 0 Å². The largest absolute Gasteiger partial charge is 0.494 e. The average Bonchev–Trinajstić information content (AvgIpc) is 2.36. The molecule has 0 spiro atoms. The molecule has 0 aliphatic rings. The summed E-state index contributed by atoms with van der Waals surface area (Å²) in [5.41, 5.74) is 1.02. The molecule has 1 unspecified atom stereocenters. The first-order chi connectivity index (χ1) is 8.60. The highest BCUT2D eigenvalue weighted by Gasteiger charge is 2.17. The Morgan fingerprint density at radius 1 is 1.56 bits per heavy atom. The van der Waals surface area contributed by atoms with E-state index in [-0.39, 0.29) is 0 Å². The summed E-state index contributed by atoms with van der Waals surface area (Å²) in [5, 5.41) is 26.8. The Hall–Kier alpha value is -2.06. The van der Waals surface area contributed by atoms with Gasteiger partial charge < -0.3 is 14.9 Å². The van der Waals surface area contributed by atoms with Crippen LogP contribution in [0.15, 0.2) is 18.2 Å². The topological polar surface area (TPSA) is 90.6 Å². The highest BCUT2D eigenvalue weighted by atomic mass is 16.5. The molecule has 0 bridgehead atoms. The van der Waals surface area contributed by atoms with E-state index in [1.54, 1.807) is 12.1 Å². The molecule has 18 heavy (non-hydrogen) atoms. The number of carboxylic acid groups (broad SMARTS) is 1. The number of carboxylic acids is 1. The molecule has 5 nitrogen and oxygen atoms in total. The van der Waals surface area contributed by atoms with E-state index in [9.17, 15) is 9.90 Å². The Morgan fingerprint density at radius 2 is 2.28 bits per heavy atom. The third-order valence-electron chi connectivity index (χ3n) is 2.44. The first kappa shape index (κ1) is 14.0. The maximum Gasteiger partial charge on any atom is 0.337 e. The maximum atomic E-state index is 10.7. The van der Waals surface area contributed by atoms with E-state index in [1.807, 2.05) is 13.0 Å². The van der Waals surface area contributed by atoms with Gasteiger partial charge in [0, 0.05) is 6.42 Å². The molecule has 1 aromatic carbocycles. The van der Waals surface area contributed by atoms with Gasteiger partial charge in [-0.3, -0.25) is 0 Å². The molecule has 0 aliphatic heterocycles. The van der Waals surface area contributed by atoms with Crippen molar-refractivity contribution in [1.82, 2.24) is 0 Å². The van der Waals surface area contributed by atoms with Gasteiger partial charge in [-0.05, 0) is 36.6 Å². The third-order valence-corrected chi connectivity index (χ3v) is 2.44. The molecule has 0 aromatic heterocycles. The zero-order chi connectivity index (χ0) is 13.5. The summed E-state index contributed by atoms with van der Waals surface area (Å²) in [4.78, 5) is 10.7. The van der Waals surface area contributed by atoms with E-state index in [4.69, 9.17) is 15.1 Å². The second kappa shape index (κ2) is 6.62. The molecule has 0 radical (unpaired) electrons. The monoisotopic (exact) mass is 249 g/mol. The zero-order valence-electron chi connectivity index (χ0n) is 10.1. The zero-order valence-corrected chi connectivity index (χ0v) is 10.1. The molecule has 0 aliphatic carbocycles. The van der Waals surface area contributed by atoms with Crippen molar-refractivity contribution in [1.29, 1.82) is 5.26 Å². The van der Waals surface area contributed by atoms with Crippen molar-refractivity contribution >= 4 is 5.97 Å². The molecular weight excluding hydrogens is 234 g/mol. The first-order valence-electron chi connectivity index (χ1n) is 5.63. The number of aliphatic hydroxyl groups is 1. The molecule has 0 fully saturated rings. The number of aryl methyl sites for hydroxylation is 1. The second-order valence-electron chi connectivity index (χ2n) is 3.70. The van der Waals surface area contributed by atoms with Crippen molar-refractivity contribution in [2.24, 2.45) is 0 Å². The normalized spacial score (nSPS) is 11.6. The lowest BCUT2D eigenvalue weighted by Crippen LogP contribution is -2.11. The number of nitrogens with zero attached hydrogens (tertiary/aromatic N) is 1. The van der Waals surface area contributed by atoms with Crippen LogP contribution in [0.25, 0.3) is 0 Å². The summed E-state index contributed by atoms with van der Waals surface area (Å²) in [6.07, 6.45) is -0.778. The number of hydrogen-bond acceptors (Lipinski definition) is 4. The second-order valence-corrected chi connectivity index (χ2v) is 3.70. The Bertz CT molecular complexity index is 465. The number of carbonyl (C=O) groups is 1. The highest BCUT2D eigenvalue weighted by molar-refractivity contribution is 5.74. The number of rotatable bonds is 6. The summed E-state index contributed by atoms with van der Waals surface area (Å²) in [6, 6.07) is 6.73. The molecule has 5 heteroatoms. The number of nitriles is 1. The maximum absolute atomic E-state index is 10.7. The fourth-order valence-electron chi connectivity index (χ4n) is 1.59. The molecule has 1 atom stereocenters. The molecule has 96 valence electrons. The van der Waals surface area contributed by atoms with Crippen LogP contribution >= 0.6 is 0 Å². The summed E-state index contributed by atoms with van der Waals surface area (Å²) in [6.45, 7) is 2.33. The number of aliphatic carboxylic acids is 1. The van der Waals surface area contributed by atoms with Gasteiger partial charge in [0.1, 0.15) is 5.75 Å². The minimum atomic E-state index is -1.55.